The van der Waals surface area contributed by atoms with Crippen LogP contribution in [0.15, 0.2) is 40.8 Å². The quantitative estimate of drug-likeness (QED) is 0.874. The van der Waals surface area contributed by atoms with E-state index in [4.69, 9.17) is 5.11 Å². The second-order valence-corrected chi connectivity index (χ2v) is 6.97. The van der Waals surface area contributed by atoms with Crippen LogP contribution in [0.4, 0.5) is 0 Å². The Balaban J connectivity index is 1.50. The molecule has 3 aliphatic rings. The molecule has 1 spiro atoms. The molecule has 0 radical (unpaired) electrons. The molecule has 3 nitrogen and oxygen atoms in total. The summed E-state index contributed by atoms with van der Waals surface area (Å²) in [4.78, 5) is 12.4. The first kappa shape index (κ1) is 12.5. The Morgan fingerprint density at radius 3 is 2.75 bits per heavy atom. The average molecular weight is 288 g/mol. The van der Waals surface area contributed by atoms with E-state index in [1.807, 2.05) is 30.0 Å². The molecule has 0 unspecified atom stereocenters. The lowest BCUT2D eigenvalue weighted by molar-refractivity contribution is -0.139. The first-order chi connectivity index (χ1) is 9.63. The molecule has 4 heteroatoms. The predicted molar refractivity (Wildman–Crippen MR) is 77.1 cm³/mol. The number of aliphatic hydroxyl groups is 1. The molecule has 0 saturated heterocycles. The van der Waals surface area contributed by atoms with Crippen LogP contribution in [0.3, 0.4) is 0 Å². The van der Waals surface area contributed by atoms with Crippen LogP contribution < -0.4 is 0 Å². The van der Waals surface area contributed by atoms with Gasteiger partial charge in [0.1, 0.15) is 0 Å². The van der Waals surface area contributed by atoms with E-state index in [0.29, 0.717) is 0 Å². The van der Waals surface area contributed by atoms with Crippen LogP contribution in [-0.2, 0) is 10.5 Å². The van der Waals surface area contributed by atoms with Gasteiger partial charge in [-0.1, -0.05) is 30.3 Å². The van der Waals surface area contributed by atoms with Crippen molar-refractivity contribution in [3.63, 3.8) is 0 Å². The van der Waals surface area contributed by atoms with Crippen LogP contribution in [0, 0.1) is 10.8 Å². The van der Waals surface area contributed by atoms with Crippen molar-refractivity contribution in [2.75, 3.05) is 0 Å². The van der Waals surface area contributed by atoms with E-state index in [2.05, 4.69) is 12.1 Å². The molecule has 0 heterocycles. The molecule has 0 aromatic heterocycles. The van der Waals surface area contributed by atoms with Crippen molar-refractivity contribution in [3.05, 3.63) is 46.4 Å². The number of thioether (sulfide) groups is 1. The lowest BCUT2D eigenvalue weighted by Gasteiger charge is -2.22. The summed E-state index contributed by atoms with van der Waals surface area (Å²) in [6.45, 7) is 0. The summed E-state index contributed by atoms with van der Waals surface area (Å²) in [6, 6.07) is 10.3. The zero-order valence-corrected chi connectivity index (χ0v) is 11.8. The van der Waals surface area contributed by atoms with Crippen molar-refractivity contribution >= 4 is 17.7 Å². The number of aliphatic carboxylic acids is 1. The van der Waals surface area contributed by atoms with Crippen molar-refractivity contribution in [2.45, 2.75) is 31.1 Å². The zero-order valence-electron chi connectivity index (χ0n) is 11.0. The number of allylic oxidation sites excluding steroid dienone is 1. The number of hydrogen-bond donors (Lipinski definition) is 2. The SMILES string of the molecule is O=C(O)C[C@@]12C3=C(SCc4ccccc4)[C@]31CC[C@H]2O. The highest BCUT2D eigenvalue weighted by Crippen LogP contribution is 2.95. The third kappa shape index (κ3) is 1.33. The highest BCUT2D eigenvalue weighted by atomic mass is 32.2. The van der Waals surface area contributed by atoms with E-state index in [-0.39, 0.29) is 11.8 Å². The van der Waals surface area contributed by atoms with E-state index in [1.54, 1.807) is 0 Å². The summed E-state index contributed by atoms with van der Waals surface area (Å²) in [5.74, 6) is 0.137. The lowest BCUT2D eigenvalue weighted by Crippen LogP contribution is -2.27. The van der Waals surface area contributed by atoms with Crippen molar-refractivity contribution in [1.29, 1.82) is 0 Å². The molecule has 3 aliphatic carbocycles. The highest BCUT2D eigenvalue weighted by molar-refractivity contribution is 8.02. The minimum atomic E-state index is -0.794. The monoisotopic (exact) mass is 288 g/mol. The fraction of sp³-hybridized carbons (Fsp3) is 0.438. The number of rotatable bonds is 5. The first-order valence-corrected chi connectivity index (χ1v) is 7.94. The molecule has 0 bridgehead atoms. The minimum absolute atomic E-state index is 0.00967. The summed E-state index contributed by atoms with van der Waals surface area (Å²) < 4.78 is 0. The average Bonchev–Trinajstić information content (AvgIpc) is 3.24. The Morgan fingerprint density at radius 1 is 1.35 bits per heavy atom. The van der Waals surface area contributed by atoms with Crippen LogP contribution in [0.1, 0.15) is 24.8 Å². The Bertz CT molecular complexity index is 624. The molecule has 3 atom stereocenters. The molecule has 0 amide bonds. The topological polar surface area (TPSA) is 57.5 Å². The summed E-state index contributed by atoms with van der Waals surface area (Å²) in [6.07, 6.45) is 1.33. The maximum absolute atomic E-state index is 11.0. The van der Waals surface area contributed by atoms with Crippen molar-refractivity contribution < 1.29 is 15.0 Å². The van der Waals surface area contributed by atoms with Crippen LogP contribution in [-0.4, -0.2) is 22.3 Å². The van der Waals surface area contributed by atoms with Crippen LogP contribution in [0.2, 0.25) is 0 Å². The Hall–Kier alpha value is -1.26. The van der Waals surface area contributed by atoms with Gasteiger partial charge in [-0.3, -0.25) is 4.79 Å². The minimum Gasteiger partial charge on any atom is -0.481 e. The third-order valence-corrected chi connectivity index (χ3v) is 6.46. The van der Waals surface area contributed by atoms with Gasteiger partial charge < -0.3 is 10.2 Å². The van der Waals surface area contributed by atoms with Gasteiger partial charge >= 0.3 is 5.97 Å². The molecule has 1 aromatic rings. The molecule has 0 aliphatic heterocycles. The number of carbonyl (C=O) groups is 1. The first-order valence-electron chi connectivity index (χ1n) is 6.95. The van der Waals surface area contributed by atoms with Gasteiger partial charge in [0.05, 0.1) is 12.5 Å². The summed E-state index contributed by atoms with van der Waals surface area (Å²) in [5.41, 5.74) is 2.14. The maximum Gasteiger partial charge on any atom is 0.304 e. The van der Waals surface area contributed by atoms with E-state index in [1.165, 1.54) is 16.0 Å². The van der Waals surface area contributed by atoms with Gasteiger partial charge in [-0.05, 0) is 28.9 Å². The normalized spacial score (nSPS) is 36.5. The van der Waals surface area contributed by atoms with Crippen molar-refractivity contribution in [3.8, 4) is 0 Å². The van der Waals surface area contributed by atoms with Gasteiger partial charge in [0.2, 0.25) is 0 Å². The molecule has 4 rings (SSSR count). The fourth-order valence-electron chi connectivity index (χ4n) is 4.21. The highest BCUT2D eigenvalue weighted by Gasteiger charge is 2.90. The van der Waals surface area contributed by atoms with Crippen molar-refractivity contribution in [2.24, 2.45) is 10.8 Å². The predicted octanol–water partition coefficient (Wildman–Crippen LogP) is 2.80. The number of carboxylic acid groups (broad SMARTS) is 1. The van der Waals surface area contributed by atoms with Gasteiger partial charge in [-0.15, -0.1) is 11.8 Å². The van der Waals surface area contributed by atoms with Crippen LogP contribution in [0.5, 0.6) is 0 Å². The van der Waals surface area contributed by atoms with Gasteiger partial charge in [0.25, 0.3) is 0 Å². The van der Waals surface area contributed by atoms with Gasteiger partial charge in [0.15, 0.2) is 0 Å². The van der Waals surface area contributed by atoms with Crippen LogP contribution >= 0.6 is 11.8 Å². The summed E-state index contributed by atoms with van der Waals surface area (Å²) in [7, 11) is 0. The van der Waals surface area contributed by atoms with Crippen LogP contribution in [0.25, 0.3) is 0 Å². The maximum atomic E-state index is 11.0. The van der Waals surface area contributed by atoms with E-state index in [0.717, 1.165) is 18.6 Å². The molecule has 104 valence electrons. The summed E-state index contributed by atoms with van der Waals surface area (Å²) in [5, 5.41) is 19.2. The summed E-state index contributed by atoms with van der Waals surface area (Å²) >= 11 is 1.82. The van der Waals surface area contributed by atoms with Crippen molar-refractivity contribution in [1.82, 2.24) is 0 Å². The number of hydrogen-bond acceptors (Lipinski definition) is 3. The molecule has 2 N–H and O–H groups in total. The van der Waals surface area contributed by atoms with Gasteiger partial charge in [0, 0.05) is 16.6 Å². The van der Waals surface area contributed by atoms with Gasteiger partial charge in [-0.2, -0.15) is 0 Å². The van der Waals surface area contributed by atoms with E-state index in [9.17, 15) is 9.90 Å². The number of aliphatic hydroxyl groups excluding tert-OH is 1. The Labute approximate surface area is 121 Å². The largest absolute Gasteiger partial charge is 0.481 e. The van der Waals surface area contributed by atoms with Gasteiger partial charge in [-0.25, -0.2) is 0 Å². The smallest absolute Gasteiger partial charge is 0.304 e. The lowest BCUT2D eigenvalue weighted by atomic mass is 9.88. The molecule has 20 heavy (non-hydrogen) atoms. The Morgan fingerprint density at radius 2 is 2.10 bits per heavy atom. The molecular weight excluding hydrogens is 272 g/mol. The molecule has 1 aromatic carbocycles. The standard InChI is InChI=1S/C16H16O3S/c17-11-6-7-15-13(16(11,15)8-12(18)19)14(15)20-9-10-4-2-1-3-5-10/h1-5,11,17H,6-9H2,(H,18,19)/t11-,15+,16-/m1/s1. The number of fused-ring (bicyclic) bond motifs is 1. The second kappa shape index (κ2) is 3.89. The third-order valence-electron chi connectivity index (χ3n) is 5.14. The molecular formula is C16H16O3S. The number of benzene rings is 1. The molecule has 2 saturated carbocycles. The second-order valence-electron chi connectivity index (χ2n) is 5.98. The van der Waals surface area contributed by atoms with E-state index >= 15 is 0 Å². The fourth-order valence-corrected chi connectivity index (χ4v) is 5.79. The zero-order chi connectivity index (χ0) is 14.0. The molecule has 2 fully saturated rings. The Kier molecular flexibility index (Phi) is 2.43. The van der Waals surface area contributed by atoms with E-state index < -0.39 is 17.5 Å². The number of carboxylic acids is 1.